The Morgan fingerprint density at radius 2 is 2.38 bits per heavy atom. The predicted molar refractivity (Wildman–Crippen MR) is 77.9 cm³/mol. The summed E-state index contributed by atoms with van der Waals surface area (Å²) in [7, 11) is 0. The molecule has 2 unspecified atom stereocenters. The van der Waals surface area contributed by atoms with Crippen molar-refractivity contribution in [2.24, 2.45) is 5.92 Å². The molecule has 2 atom stereocenters. The minimum absolute atomic E-state index is 0.114. The molecule has 7 nitrogen and oxygen atoms in total. The topological polar surface area (TPSA) is 99.9 Å². The molecule has 0 saturated heterocycles. The van der Waals surface area contributed by atoms with Crippen molar-refractivity contribution >= 4 is 34.3 Å². The lowest BCUT2D eigenvalue weighted by atomic mass is 10.2. The van der Waals surface area contributed by atoms with E-state index in [2.05, 4.69) is 15.4 Å². The van der Waals surface area contributed by atoms with Crippen LogP contribution in [0.1, 0.15) is 6.92 Å². The first-order valence-electron chi connectivity index (χ1n) is 5.99. The summed E-state index contributed by atoms with van der Waals surface area (Å²) >= 11 is 3.68. The van der Waals surface area contributed by atoms with Gasteiger partial charge >= 0.3 is 0 Å². The maximum atomic E-state index is 11.9. The van der Waals surface area contributed by atoms with E-state index in [-0.39, 0.29) is 10.9 Å². The summed E-state index contributed by atoms with van der Waals surface area (Å²) in [6.45, 7) is 1.52. The molecule has 0 saturated carbocycles. The number of nitrogens with one attached hydrogen (secondary N) is 1. The number of hydrogen-bond acceptors (Lipinski definition) is 5. The molecule has 2 aromatic heterocycles. The van der Waals surface area contributed by atoms with Gasteiger partial charge in [-0.2, -0.15) is 5.10 Å². The molecule has 2 heterocycles. The van der Waals surface area contributed by atoms with Crippen LogP contribution in [0.15, 0.2) is 30.7 Å². The summed E-state index contributed by atoms with van der Waals surface area (Å²) in [5, 5.41) is 6.73. The normalized spacial score (nSPS) is 13.7. The third-order valence-corrected chi connectivity index (χ3v) is 3.72. The molecule has 0 aliphatic rings. The molecule has 0 fully saturated rings. The highest BCUT2D eigenvalue weighted by molar-refractivity contribution is 7.79. The second-order valence-corrected chi connectivity index (χ2v) is 5.65. The zero-order valence-corrected chi connectivity index (χ0v) is 12.6. The Kier molecular flexibility index (Phi) is 5.05. The van der Waals surface area contributed by atoms with E-state index in [9.17, 15) is 13.6 Å². The largest absolute Gasteiger partial charge is 0.772 e. The molecule has 0 spiro atoms. The highest BCUT2D eigenvalue weighted by Crippen LogP contribution is 2.22. The van der Waals surface area contributed by atoms with E-state index in [4.69, 9.17) is 11.6 Å². The van der Waals surface area contributed by atoms with E-state index >= 15 is 0 Å². The molecule has 0 aliphatic carbocycles. The van der Waals surface area contributed by atoms with Gasteiger partial charge in [0.2, 0.25) is 5.91 Å². The van der Waals surface area contributed by atoms with Gasteiger partial charge < -0.3 is 9.87 Å². The van der Waals surface area contributed by atoms with Crippen LogP contribution in [-0.4, -0.2) is 35.2 Å². The summed E-state index contributed by atoms with van der Waals surface area (Å²) in [4.78, 5) is 15.8. The maximum Gasteiger partial charge on any atom is 0.228 e. The van der Waals surface area contributed by atoms with Gasteiger partial charge in [0.05, 0.1) is 23.8 Å². The Morgan fingerprint density at radius 3 is 3.00 bits per heavy atom. The van der Waals surface area contributed by atoms with Gasteiger partial charge in [-0.15, -0.1) is 0 Å². The van der Waals surface area contributed by atoms with Gasteiger partial charge in [0.15, 0.2) is 5.15 Å². The minimum Gasteiger partial charge on any atom is -0.772 e. The molecule has 2 aromatic rings. The summed E-state index contributed by atoms with van der Waals surface area (Å²) in [6.07, 6.45) is 4.76. The van der Waals surface area contributed by atoms with E-state index < -0.39 is 22.9 Å². The number of anilines is 1. The molecule has 112 valence electrons. The van der Waals surface area contributed by atoms with Crippen molar-refractivity contribution in [3.8, 4) is 5.69 Å². The fourth-order valence-corrected chi connectivity index (χ4v) is 2.33. The van der Waals surface area contributed by atoms with Crippen molar-refractivity contribution in [2.45, 2.75) is 6.92 Å². The van der Waals surface area contributed by atoms with Crippen molar-refractivity contribution in [3.63, 3.8) is 0 Å². The number of carbonyl (C=O) groups is 1. The van der Waals surface area contributed by atoms with Crippen molar-refractivity contribution in [2.75, 3.05) is 11.1 Å². The van der Waals surface area contributed by atoms with Crippen molar-refractivity contribution in [3.05, 3.63) is 35.9 Å². The maximum absolute atomic E-state index is 11.9. The monoisotopic (exact) mass is 327 g/mol. The van der Waals surface area contributed by atoms with E-state index in [0.29, 0.717) is 11.4 Å². The van der Waals surface area contributed by atoms with Crippen LogP contribution in [0.2, 0.25) is 5.15 Å². The molecule has 0 aromatic carbocycles. The van der Waals surface area contributed by atoms with Gasteiger partial charge in [0.1, 0.15) is 0 Å². The molecule has 0 radical (unpaired) electrons. The number of halogens is 1. The van der Waals surface area contributed by atoms with E-state index in [1.165, 1.54) is 17.8 Å². The third-order valence-electron chi connectivity index (χ3n) is 2.67. The minimum atomic E-state index is -2.28. The van der Waals surface area contributed by atoms with Crippen LogP contribution in [-0.2, 0) is 15.9 Å². The second-order valence-electron chi connectivity index (χ2n) is 4.35. The Bertz CT molecular complexity index is 662. The Balaban J connectivity index is 2.13. The van der Waals surface area contributed by atoms with Gasteiger partial charge in [0.25, 0.3) is 0 Å². The van der Waals surface area contributed by atoms with Gasteiger partial charge in [-0.1, -0.05) is 29.6 Å². The number of rotatable bonds is 5. The number of hydrogen-bond donors (Lipinski definition) is 1. The molecule has 21 heavy (non-hydrogen) atoms. The Morgan fingerprint density at radius 1 is 1.62 bits per heavy atom. The van der Waals surface area contributed by atoms with Crippen LogP contribution >= 0.6 is 11.6 Å². The Labute approximate surface area is 128 Å². The first kappa shape index (κ1) is 15.6. The number of carbonyl (C=O) groups excluding carboxylic acids is 1. The molecular weight excluding hydrogens is 316 g/mol. The van der Waals surface area contributed by atoms with E-state index in [0.717, 1.165) is 0 Å². The van der Waals surface area contributed by atoms with Crippen LogP contribution in [0, 0.1) is 5.92 Å². The lowest BCUT2D eigenvalue weighted by Crippen LogP contribution is -2.24. The molecule has 2 rings (SSSR count). The quantitative estimate of drug-likeness (QED) is 0.836. The van der Waals surface area contributed by atoms with Crippen molar-refractivity contribution in [1.82, 2.24) is 14.8 Å². The Hall–Kier alpha value is -1.77. The molecule has 0 bridgehead atoms. The van der Waals surface area contributed by atoms with E-state index in [1.807, 2.05) is 0 Å². The molecule has 1 amide bonds. The highest BCUT2D eigenvalue weighted by atomic mass is 35.5. The van der Waals surface area contributed by atoms with E-state index in [1.54, 1.807) is 24.5 Å². The van der Waals surface area contributed by atoms with Gasteiger partial charge in [-0.25, -0.2) is 4.68 Å². The highest BCUT2D eigenvalue weighted by Gasteiger charge is 2.16. The summed E-state index contributed by atoms with van der Waals surface area (Å²) in [6, 6.07) is 3.53. The van der Waals surface area contributed by atoms with Crippen LogP contribution < -0.4 is 5.32 Å². The fourth-order valence-electron chi connectivity index (χ4n) is 1.59. The first-order valence-corrected chi connectivity index (χ1v) is 7.62. The second kappa shape index (κ2) is 6.79. The number of amides is 1. The van der Waals surface area contributed by atoms with Crippen LogP contribution in [0.5, 0.6) is 0 Å². The smallest absolute Gasteiger partial charge is 0.228 e. The SMILES string of the molecule is CC(CS(=O)[O-])C(=O)Nc1cn(-c2cccnc2)nc1Cl. The summed E-state index contributed by atoms with van der Waals surface area (Å²) in [5.41, 5.74) is 1.00. The van der Waals surface area contributed by atoms with Gasteiger partial charge in [-0.05, 0) is 12.1 Å². The average Bonchev–Trinajstić information content (AvgIpc) is 2.80. The zero-order chi connectivity index (χ0) is 15.4. The predicted octanol–water partition coefficient (Wildman–Crippen LogP) is 1.37. The van der Waals surface area contributed by atoms with Crippen molar-refractivity contribution in [1.29, 1.82) is 0 Å². The summed E-state index contributed by atoms with van der Waals surface area (Å²) in [5.74, 6) is -1.37. The molecular formula is C12H12ClN4O3S-. The number of nitrogens with zero attached hydrogens (tertiary/aromatic N) is 3. The van der Waals surface area contributed by atoms with Crippen LogP contribution in [0.4, 0.5) is 5.69 Å². The first-order chi connectivity index (χ1) is 9.97. The number of aromatic nitrogens is 3. The standard InChI is InChI=1S/C12H13ClN4O3S/c1-8(7-21(19)20)12(18)15-10-6-17(16-11(10)13)9-3-2-4-14-5-9/h2-6,8H,7H2,1H3,(H,15,18)(H,19,20)/p-1. The van der Waals surface area contributed by atoms with Crippen molar-refractivity contribution < 1.29 is 13.6 Å². The molecule has 1 N–H and O–H groups in total. The van der Waals surface area contributed by atoms with Gasteiger partial charge in [-0.3, -0.25) is 14.0 Å². The lowest BCUT2D eigenvalue weighted by molar-refractivity contribution is -0.118. The fraction of sp³-hybridized carbons (Fsp3) is 0.250. The van der Waals surface area contributed by atoms with Crippen LogP contribution in [0.25, 0.3) is 5.69 Å². The third kappa shape index (κ3) is 4.10. The zero-order valence-electron chi connectivity index (χ0n) is 11.0. The lowest BCUT2D eigenvalue weighted by Gasteiger charge is -2.12. The molecule has 0 aliphatic heterocycles. The summed E-state index contributed by atoms with van der Waals surface area (Å²) < 4.78 is 22.7. The van der Waals surface area contributed by atoms with Gasteiger partial charge in [0, 0.05) is 17.9 Å². The number of pyridine rings is 1. The average molecular weight is 328 g/mol. The van der Waals surface area contributed by atoms with Crippen LogP contribution in [0.3, 0.4) is 0 Å². The molecule has 9 heteroatoms.